The first-order valence-corrected chi connectivity index (χ1v) is 11.4. The molecule has 2 aromatic heterocycles. The van der Waals surface area contributed by atoms with Gasteiger partial charge in [0.25, 0.3) is 0 Å². The zero-order valence-corrected chi connectivity index (χ0v) is 18.7. The number of nitrogens with two attached hydrogens (primary N) is 1. The number of thiazole rings is 1. The van der Waals surface area contributed by atoms with Crippen LogP contribution in [0.2, 0.25) is 0 Å². The number of benzene rings is 2. The molecule has 0 saturated carbocycles. The van der Waals surface area contributed by atoms with E-state index in [-0.39, 0.29) is 6.61 Å². The number of allylic oxidation sites excluding steroid dienone is 1. The van der Waals surface area contributed by atoms with Gasteiger partial charge in [-0.25, -0.2) is 15.0 Å². The van der Waals surface area contributed by atoms with Gasteiger partial charge in [-0.3, -0.25) is 0 Å². The van der Waals surface area contributed by atoms with Crippen molar-refractivity contribution in [1.29, 1.82) is 5.41 Å². The number of aliphatic hydroxyl groups is 1. The number of nitrogens with zero attached hydrogens (tertiary/aromatic N) is 3. The average molecular weight is 464 g/mol. The zero-order chi connectivity index (χ0) is 22.8. The largest absolute Gasteiger partial charge is 0.484 e. The molecule has 5 N–H and O–H groups in total. The highest BCUT2D eigenvalue weighted by atomic mass is 32.1. The van der Waals surface area contributed by atoms with E-state index in [0.29, 0.717) is 29.1 Å². The van der Waals surface area contributed by atoms with E-state index in [9.17, 15) is 5.11 Å². The molecule has 1 fully saturated rings. The first-order valence-electron chi connectivity index (χ1n) is 10.5. The van der Waals surface area contributed by atoms with Crippen molar-refractivity contribution >= 4 is 55.7 Å². The van der Waals surface area contributed by atoms with Crippen LogP contribution in [0.3, 0.4) is 0 Å². The number of rotatable bonds is 7. The molecule has 2 unspecified atom stereocenters. The van der Waals surface area contributed by atoms with Crippen molar-refractivity contribution < 1.29 is 19.9 Å². The highest BCUT2D eigenvalue weighted by Crippen LogP contribution is 2.36. The maximum absolute atomic E-state index is 10.3. The van der Waals surface area contributed by atoms with E-state index in [1.807, 2.05) is 54.4 Å². The molecular formula is C23H23N6O3S+. The highest BCUT2D eigenvalue weighted by Gasteiger charge is 2.29. The second kappa shape index (κ2) is 9.20. The summed E-state index contributed by atoms with van der Waals surface area (Å²) in [6.07, 6.45) is 3.42. The quantitative estimate of drug-likeness (QED) is 0.310. The number of aromatic nitrogens is 3. The summed E-state index contributed by atoms with van der Waals surface area (Å²) < 4.78 is 12.7. The number of nitrogens with one attached hydrogen (secondary N) is 2. The van der Waals surface area contributed by atoms with Crippen molar-refractivity contribution in [2.45, 2.75) is 12.2 Å². The molecule has 5 rings (SSSR count). The molecule has 2 atom stereocenters. The Morgan fingerprint density at radius 1 is 1.24 bits per heavy atom. The van der Waals surface area contributed by atoms with Crippen molar-refractivity contribution in [3.63, 3.8) is 0 Å². The number of anilines is 2. The Labute approximate surface area is 193 Å². The Morgan fingerprint density at radius 3 is 2.94 bits per heavy atom. The monoisotopic (exact) mass is 463 g/mol. The highest BCUT2D eigenvalue weighted by molar-refractivity contribution is 7.16. The lowest BCUT2D eigenvalue weighted by atomic mass is 10.0. The normalized spacial score (nSPS) is 18.7. The van der Waals surface area contributed by atoms with Gasteiger partial charge in [0, 0.05) is 11.9 Å². The molecule has 33 heavy (non-hydrogen) atoms. The molecule has 3 heterocycles. The second-order valence-electron chi connectivity index (χ2n) is 7.61. The Morgan fingerprint density at radius 2 is 2.15 bits per heavy atom. The maximum Gasteiger partial charge on any atom is 0.150 e. The van der Waals surface area contributed by atoms with Crippen molar-refractivity contribution in [2.24, 2.45) is 0 Å². The Bertz CT molecular complexity index is 1350. The van der Waals surface area contributed by atoms with Crippen LogP contribution in [-0.2, 0) is 4.74 Å². The van der Waals surface area contributed by atoms with E-state index < -0.39 is 12.2 Å². The minimum absolute atomic E-state index is 0.231. The lowest BCUT2D eigenvalue weighted by molar-refractivity contribution is -0.555. The Hall–Kier alpha value is -3.44. The van der Waals surface area contributed by atoms with Gasteiger partial charge in [-0.15, -0.1) is 11.3 Å². The molecule has 0 bridgehead atoms. The molecule has 0 amide bonds. The molecular weight excluding hydrogens is 440 g/mol. The SMILES string of the molecule is C[NH2+]/C=C(\C=N)c1cc(OC2COCC2O)c2c(Nc3ccc4ncsc4c3)ncnc2c1. The molecule has 1 aliphatic heterocycles. The predicted molar refractivity (Wildman–Crippen MR) is 128 cm³/mol. The van der Waals surface area contributed by atoms with Crippen LogP contribution in [0.25, 0.3) is 26.7 Å². The summed E-state index contributed by atoms with van der Waals surface area (Å²) in [5.74, 6) is 1.10. The summed E-state index contributed by atoms with van der Waals surface area (Å²) in [4.78, 5) is 13.3. The van der Waals surface area contributed by atoms with Crippen LogP contribution >= 0.6 is 11.3 Å². The third-order valence-corrected chi connectivity index (χ3v) is 6.20. The molecule has 1 saturated heterocycles. The molecule has 2 aromatic carbocycles. The topological polar surface area (TPSA) is 130 Å². The van der Waals surface area contributed by atoms with Crippen LogP contribution in [0.1, 0.15) is 5.56 Å². The van der Waals surface area contributed by atoms with Crippen LogP contribution in [-0.4, -0.2) is 58.7 Å². The van der Waals surface area contributed by atoms with Gasteiger partial charge >= 0.3 is 0 Å². The van der Waals surface area contributed by atoms with Crippen LogP contribution in [0, 0.1) is 5.41 Å². The number of hydrogen-bond acceptors (Lipinski definition) is 9. The van der Waals surface area contributed by atoms with Crippen molar-refractivity contribution in [2.75, 3.05) is 25.6 Å². The standard InChI is InChI=1S/C23H22N6O3S/c1-25-8-14(7-24)13-4-17-22(19(5-13)32-20-10-31-9-18(20)30)23(27-11-26-17)29-15-2-3-16-21(6-15)33-12-28-16/h2-8,11-12,18,20,24-25,30H,9-10H2,1H3,(H,26,27,29)/p+1/b14-8+,24-7?. The molecule has 168 valence electrons. The molecule has 10 heteroatoms. The molecule has 0 radical (unpaired) electrons. The summed E-state index contributed by atoms with van der Waals surface area (Å²) in [6, 6.07) is 9.70. The first-order chi connectivity index (χ1) is 16.2. The van der Waals surface area contributed by atoms with E-state index in [4.69, 9.17) is 14.9 Å². The lowest BCUT2D eigenvalue weighted by Crippen LogP contribution is -2.72. The number of quaternary nitrogens is 1. The smallest absolute Gasteiger partial charge is 0.150 e. The molecule has 1 aliphatic rings. The summed E-state index contributed by atoms with van der Waals surface area (Å²) in [7, 11) is 1.90. The number of fused-ring (bicyclic) bond motifs is 2. The van der Waals surface area contributed by atoms with E-state index in [1.165, 1.54) is 12.5 Å². The molecule has 9 nitrogen and oxygen atoms in total. The van der Waals surface area contributed by atoms with Crippen LogP contribution in [0.5, 0.6) is 5.75 Å². The van der Waals surface area contributed by atoms with Gasteiger partial charge in [-0.2, -0.15) is 0 Å². The average Bonchev–Trinajstić information content (AvgIpc) is 3.45. The summed E-state index contributed by atoms with van der Waals surface area (Å²) in [6.45, 7) is 0.524. The van der Waals surface area contributed by atoms with Crippen LogP contribution in [0.4, 0.5) is 11.5 Å². The Kier molecular flexibility index (Phi) is 5.97. The number of ether oxygens (including phenoxy) is 2. The molecule has 4 aromatic rings. The van der Waals surface area contributed by atoms with Crippen molar-refractivity contribution in [1.82, 2.24) is 15.0 Å². The third-order valence-electron chi connectivity index (χ3n) is 5.41. The fraction of sp³-hybridized carbons (Fsp3) is 0.217. The van der Waals surface area contributed by atoms with E-state index in [1.54, 1.807) is 11.3 Å². The Balaban J connectivity index is 1.63. The van der Waals surface area contributed by atoms with Gasteiger partial charge < -0.3 is 30.6 Å². The van der Waals surface area contributed by atoms with Gasteiger partial charge in [0.2, 0.25) is 0 Å². The van der Waals surface area contributed by atoms with Crippen LogP contribution in [0.15, 0.2) is 48.4 Å². The van der Waals surface area contributed by atoms with Gasteiger partial charge in [0.15, 0.2) is 0 Å². The van der Waals surface area contributed by atoms with E-state index >= 15 is 0 Å². The van der Waals surface area contributed by atoms with Crippen molar-refractivity contribution in [3.8, 4) is 5.75 Å². The van der Waals surface area contributed by atoms with E-state index in [2.05, 4.69) is 20.3 Å². The van der Waals surface area contributed by atoms with Gasteiger partial charge in [0.1, 0.15) is 36.3 Å². The van der Waals surface area contributed by atoms with Gasteiger partial charge in [-0.1, -0.05) is 0 Å². The first kappa shape index (κ1) is 21.4. The summed E-state index contributed by atoms with van der Waals surface area (Å²) in [5, 5.41) is 24.0. The zero-order valence-electron chi connectivity index (χ0n) is 17.9. The second-order valence-corrected chi connectivity index (χ2v) is 8.50. The van der Waals surface area contributed by atoms with Crippen molar-refractivity contribution in [3.05, 3.63) is 53.9 Å². The maximum atomic E-state index is 10.3. The third kappa shape index (κ3) is 4.29. The fourth-order valence-electron chi connectivity index (χ4n) is 3.78. The number of hydrogen-bond donors (Lipinski definition) is 4. The lowest BCUT2D eigenvalue weighted by Gasteiger charge is -2.19. The molecule has 0 aliphatic carbocycles. The predicted octanol–water partition coefficient (Wildman–Crippen LogP) is 2.31. The minimum atomic E-state index is -0.722. The molecule has 0 spiro atoms. The number of aliphatic hydroxyl groups excluding tert-OH is 1. The van der Waals surface area contributed by atoms with E-state index in [0.717, 1.165) is 27.0 Å². The summed E-state index contributed by atoms with van der Waals surface area (Å²) >= 11 is 1.57. The fourth-order valence-corrected chi connectivity index (χ4v) is 4.50. The summed E-state index contributed by atoms with van der Waals surface area (Å²) in [5.41, 5.74) is 5.80. The van der Waals surface area contributed by atoms with Crippen LogP contribution < -0.4 is 15.4 Å². The minimum Gasteiger partial charge on any atom is -0.484 e. The van der Waals surface area contributed by atoms with Gasteiger partial charge in [0.05, 0.1) is 52.5 Å². The van der Waals surface area contributed by atoms with Gasteiger partial charge in [-0.05, 0) is 35.9 Å².